The maximum Gasteiger partial charge on any atom is 0.127 e. The molecule has 0 heterocycles. The summed E-state index contributed by atoms with van der Waals surface area (Å²) in [5, 5.41) is 22.3. The SMILES string of the molecule is Cc1c(Cc2ccccc2Br)c(O)c2ccccc2c1O. The first-order valence-electron chi connectivity index (χ1n) is 6.75. The quantitative estimate of drug-likeness (QED) is 0.649. The van der Waals surface area contributed by atoms with Gasteiger partial charge in [-0.2, -0.15) is 0 Å². The number of phenols is 2. The van der Waals surface area contributed by atoms with Gasteiger partial charge in [-0.3, -0.25) is 0 Å². The summed E-state index contributed by atoms with van der Waals surface area (Å²) in [7, 11) is 0. The molecule has 0 fully saturated rings. The summed E-state index contributed by atoms with van der Waals surface area (Å²) in [5.74, 6) is 0.488. The minimum atomic E-state index is 0.241. The van der Waals surface area contributed by atoms with Crippen LogP contribution in [-0.2, 0) is 6.42 Å². The van der Waals surface area contributed by atoms with Crippen molar-refractivity contribution >= 4 is 26.7 Å². The Kier molecular flexibility index (Phi) is 3.60. The van der Waals surface area contributed by atoms with Crippen LogP contribution in [0.25, 0.3) is 10.8 Å². The average Bonchev–Trinajstić information content (AvgIpc) is 2.51. The van der Waals surface area contributed by atoms with Gasteiger partial charge in [0.25, 0.3) is 0 Å². The van der Waals surface area contributed by atoms with E-state index in [2.05, 4.69) is 15.9 Å². The molecule has 3 heteroatoms. The minimum absolute atomic E-state index is 0.241. The molecule has 3 aromatic rings. The van der Waals surface area contributed by atoms with E-state index in [1.54, 1.807) is 0 Å². The second-order valence-corrected chi connectivity index (χ2v) is 5.97. The van der Waals surface area contributed by atoms with Gasteiger partial charge in [-0.05, 0) is 24.1 Å². The molecule has 0 unspecified atom stereocenters. The smallest absolute Gasteiger partial charge is 0.127 e. The van der Waals surface area contributed by atoms with E-state index in [9.17, 15) is 10.2 Å². The van der Waals surface area contributed by atoms with Crippen LogP contribution in [-0.4, -0.2) is 10.2 Å². The summed E-state index contributed by atoms with van der Waals surface area (Å²) in [6, 6.07) is 15.3. The molecule has 3 aromatic carbocycles. The van der Waals surface area contributed by atoms with Crippen molar-refractivity contribution in [3.8, 4) is 11.5 Å². The first-order chi connectivity index (χ1) is 10.1. The van der Waals surface area contributed by atoms with E-state index >= 15 is 0 Å². The van der Waals surface area contributed by atoms with Crippen molar-refractivity contribution in [1.29, 1.82) is 0 Å². The van der Waals surface area contributed by atoms with Crippen molar-refractivity contribution < 1.29 is 10.2 Å². The van der Waals surface area contributed by atoms with Gasteiger partial charge in [-0.1, -0.05) is 58.4 Å². The third-order valence-electron chi connectivity index (χ3n) is 3.86. The topological polar surface area (TPSA) is 40.5 Å². The Bertz CT molecular complexity index is 825. The Morgan fingerprint density at radius 1 is 0.857 bits per heavy atom. The summed E-state index contributed by atoms with van der Waals surface area (Å²) in [4.78, 5) is 0. The molecule has 0 saturated carbocycles. The van der Waals surface area contributed by atoms with Gasteiger partial charge in [0, 0.05) is 27.2 Å². The molecule has 21 heavy (non-hydrogen) atoms. The van der Waals surface area contributed by atoms with Crippen LogP contribution in [0.2, 0.25) is 0 Å². The molecule has 106 valence electrons. The van der Waals surface area contributed by atoms with Crippen LogP contribution < -0.4 is 0 Å². The predicted octanol–water partition coefficient (Wildman–Crippen LogP) is 4.91. The lowest BCUT2D eigenvalue weighted by Crippen LogP contribution is -1.95. The van der Waals surface area contributed by atoms with E-state index in [0.717, 1.165) is 21.2 Å². The number of halogens is 1. The fourth-order valence-electron chi connectivity index (χ4n) is 2.63. The monoisotopic (exact) mass is 342 g/mol. The minimum Gasteiger partial charge on any atom is -0.507 e. The highest BCUT2D eigenvalue weighted by atomic mass is 79.9. The van der Waals surface area contributed by atoms with Crippen molar-refractivity contribution in [2.45, 2.75) is 13.3 Å². The molecule has 0 aromatic heterocycles. The number of aromatic hydroxyl groups is 2. The Morgan fingerprint density at radius 3 is 2.10 bits per heavy atom. The van der Waals surface area contributed by atoms with Gasteiger partial charge in [0.2, 0.25) is 0 Å². The zero-order valence-corrected chi connectivity index (χ0v) is 13.2. The third-order valence-corrected chi connectivity index (χ3v) is 4.63. The highest BCUT2D eigenvalue weighted by Crippen LogP contribution is 2.40. The van der Waals surface area contributed by atoms with Crippen LogP contribution >= 0.6 is 15.9 Å². The predicted molar refractivity (Wildman–Crippen MR) is 89.0 cm³/mol. The Labute approximate surface area is 131 Å². The second-order valence-electron chi connectivity index (χ2n) is 5.11. The number of rotatable bonds is 2. The van der Waals surface area contributed by atoms with Crippen molar-refractivity contribution in [2.75, 3.05) is 0 Å². The van der Waals surface area contributed by atoms with Crippen LogP contribution in [0.15, 0.2) is 53.0 Å². The Morgan fingerprint density at radius 2 is 1.43 bits per heavy atom. The normalized spacial score (nSPS) is 11.0. The van der Waals surface area contributed by atoms with Gasteiger partial charge in [-0.15, -0.1) is 0 Å². The number of fused-ring (bicyclic) bond motifs is 1. The lowest BCUT2D eigenvalue weighted by molar-refractivity contribution is 0.461. The van der Waals surface area contributed by atoms with E-state index in [1.165, 1.54) is 0 Å². The summed E-state index contributed by atoms with van der Waals surface area (Å²) < 4.78 is 0.997. The molecular weight excluding hydrogens is 328 g/mol. The van der Waals surface area contributed by atoms with E-state index in [4.69, 9.17) is 0 Å². The lowest BCUT2D eigenvalue weighted by atomic mass is 9.94. The number of hydrogen-bond donors (Lipinski definition) is 2. The molecule has 0 spiro atoms. The molecule has 2 N–H and O–H groups in total. The van der Waals surface area contributed by atoms with Gasteiger partial charge in [0.15, 0.2) is 0 Å². The summed E-state index contributed by atoms with van der Waals surface area (Å²) in [6.45, 7) is 1.84. The summed E-state index contributed by atoms with van der Waals surface area (Å²) >= 11 is 3.53. The van der Waals surface area contributed by atoms with Crippen molar-refractivity contribution in [1.82, 2.24) is 0 Å². The highest BCUT2D eigenvalue weighted by molar-refractivity contribution is 9.10. The van der Waals surface area contributed by atoms with Gasteiger partial charge in [-0.25, -0.2) is 0 Å². The summed E-state index contributed by atoms with van der Waals surface area (Å²) in [6.07, 6.45) is 0.567. The molecule has 2 nitrogen and oxygen atoms in total. The van der Waals surface area contributed by atoms with Crippen LogP contribution in [0.4, 0.5) is 0 Å². The largest absolute Gasteiger partial charge is 0.507 e. The molecule has 0 aliphatic carbocycles. The molecule has 3 rings (SSSR count). The second kappa shape index (κ2) is 5.41. The standard InChI is InChI=1S/C18H15BrO2/c1-11-15(10-12-6-2-5-9-16(12)19)18(21)14-8-4-3-7-13(14)17(11)20/h2-9,20-21H,10H2,1H3. The Hall–Kier alpha value is -2.00. The molecule has 0 bridgehead atoms. The number of hydrogen-bond acceptors (Lipinski definition) is 2. The van der Waals surface area contributed by atoms with Crippen LogP contribution in [0.5, 0.6) is 11.5 Å². The Balaban J connectivity index is 2.21. The molecule has 0 aliphatic rings. The lowest BCUT2D eigenvalue weighted by Gasteiger charge is -2.15. The van der Waals surface area contributed by atoms with E-state index < -0.39 is 0 Å². The maximum absolute atomic E-state index is 10.6. The van der Waals surface area contributed by atoms with Crippen molar-refractivity contribution in [3.05, 3.63) is 69.7 Å². The number of benzene rings is 3. The highest BCUT2D eigenvalue weighted by Gasteiger charge is 2.16. The molecular formula is C18H15BrO2. The van der Waals surface area contributed by atoms with Crippen LogP contribution in [0.3, 0.4) is 0 Å². The first-order valence-corrected chi connectivity index (χ1v) is 7.54. The van der Waals surface area contributed by atoms with E-state index in [0.29, 0.717) is 17.2 Å². The van der Waals surface area contributed by atoms with Crippen LogP contribution in [0.1, 0.15) is 16.7 Å². The average molecular weight is 343 g/mol. The van der Waals surface area contributed by atoms with E-state index in [-0.39, 0.29) is 11.5 Å². The third kappa shape index (κ3) is 2.38. The molecule has 0 atom stereocenters. The van der Waals surface area contributed by atoms with Gasteiger partial charge >= 0.3 is 0 Å². The van der Waals surface area contributed by atoms with Crippen molar-refractivity contribution in [3.63, 3.8) is 0 Å². The molecule has 0 aliphatic heterocycles. The fraction of sp³-hybridized carbons (Fsp3) is 0.111. The van der Waals surface area contributed by atoms with Crippen molar-refractivity contribution in [2.24, 2.45) is 0 Å². The molecule has 0 saturated heterocycles. The number of phenolic OH excluding ortho intramolecular Hbond substituents is 2. The molecule has 0 amide bonds. The van der Waals surface area contributed by atoms with E-state index in [1.807, 2.05) is 55.5 Å². The van der Waals surface area contributed by atoms with Gasteiger partial charge in [0.05, 0.1) is 0 Å². The zero-order valence-electron chi connectivity index (χ0n) is 11.6. The van der Waals surface area contributed by atoms with Gasteiger partial charge < -0.3 is 10.2 Å². The first kappa shape index (κ1) is 14.0. The fourth-order valence-corrected chi connectivity index (χ4v) is 3.05. The maximum atomic E-state index is 10.6. The zero-order chi connectivity index (χ0) is 15.0. The van der Waals surface area contributed by atoms with Crippen LogP contribution in [0, 0.1) is 6.92 Å². The van der Waals surface area contributed by atoms with Gasteiger partial charge in [0.1, 0.15) is 11.5 Å². The summed E-state index contributed by atoms with van der Waals surface area (Å²) in [5.41, 5.74) is 2.56. The molecule has 0 radical (unpaired) electrons.